The first-order valence-corrected chi connectivity index (χ1v) is 9.37. The Balaban J connectivity index is 1.99. The maximum Gasteiger partial charge on any atom is 0.331 e. The lowest BCUT2D eigenvalue weighted by Crippen LogP contribution is -2.36. The van der Waals surface area contributed by atoms with Gasteiger partial charge in [-0.25, -0.2) is 4.79 Å². The summed E-state index contributed by atoms with van der Waals surface area (Å²) < 4.78 is 16.1. The maximum absolute atomic E-state index is 11.9. The van der Waals surface area contributed by atoms with Crippen LogP contribution in [0.3, 0.4) is 0 Å². The summed E-state index contributed by atoms with van der Waals surface area (Å²) >= 11 is 6.28. The molecule has 1 fully saturated rings. The maximum atomic E-state index is 11.9. The van der Waals surface area contributed by atoms with Gasteiger partial charge in [0.2, 0.25) is 0 Å². The summed E-state index contributed by atoms with van der Waals surface area (Å²) in [4.78, 5) is 23.8. The number of carbonyl (C=O) groups is 2. The fraction of sp³-hybridized carbons (Fsp3) is 0.500. The Labute approximate surface area is 164 Å². The first-order chi connectivity index (χ1) is 12.8. The molecule has 148 valence electrons. The average Bonchev–Trinajstić information content (AvgIpc) is 3.42. The van der Waals surface area contributed by atoms with E-state index in [2.05, 4.69) is 5.32 Å². The van der Waals surface area contributed by atoms with Crippen LogP contribution in [0.4, 0.5) is 0 Å². The van der Waals surface area contributed by atoms with Gasteiger partial charge in [-0.15, -0.1) is 0 Å². The number of hydrogen-bond acceptors (Lipinski definition) is 5. The number of methoxy groups -OCH3 is 1. The molecular formula is C20H26ClNO5. The molecule has 1 N–H and O–H groups in total. The summed E-state index contributed by atoms with van der Waals surface area (Å²) in [7, 11) is 1.52. The predicted octanol–water partition coefficient (Wildman–Crippen LogP) is 3.61. The van der Waals surface area contributed by atoms with Crippen molar-refractivity contribution < 1.29 is 23.8 Å². The molecule has 0 heterocycles. The molecular weight excluding hydrogens is 370 g/mol. The number of hydrogen-bond donors (Lipinski definition) is 1. The number of rotatable bonds is 9. The van der Waals surface area contributed by atoms with Crippen molar-refractivity contribution in [2.45, 2.75) is 45.8 Å². The van der Waals surface area contributed by atoms with Crippen molar-refractivity contribution in [3.8, 4) is 11.5 Å². The highest BCUT2D eigenvalue weighted by atomic mass is 35.5. The first kappa shape index (κ1) is 21.1. The molecule has 1 aromatic rings. The van der Waals surface area contributed by atoms with Crippen molar-refractivity contribution in [3.63, 3.8) is 0 Å². The zero-order valence-corrected chi connectivity index (χ0v) is 16.8. The van der Waals surface area contributed by atoms with Gasteiger partial charge in [-0.05, 0) is 49.5 Å². The number of amides is 1. The lowest BCUT2D eigenvalue weighted by Gasteiger charge is -2.14. The highest BCUT2D eigenvalue weighted by Crippen LogP contribution is 2.37. The number of benzene rings is 1. The van der Waals surface area contributed by atoms with Gasteiger partial charge in [0.1, 0.15) is 0 Å². The van der Waals surface area contributed by atoms with Gasteiger partial charge in [-0.3, -0.25) is 4.79 Å². The van der Waals surface area contributed by atoms with E-state index in [1.807, 2.05) is 13.8 Å². The van der Waals surface area contributed by atoms with E-state index in [0.29, 0.717) is 34.6 Å². The monoisotopic (exact) mass is 395 g/mol. The van der Waals surface area contributed by atoms with Crippen molar-refractivity contribution in [2.75, 3.05) is 13.7 Å². The third-order valence-electron chi connectivity index (χ3n) is 3.81. The van der Waals surface area contributed by atoms with E-state index in [9.17, 15) is 9.59 Å². The molecule has 1 amide bonds. The molecule has 0 unspecified atom stereocenters. The molecule has 7 heteroatoms. The lowest BCUT2D eigenvalue weighted by atomic mass is 10.2. The number of carbonyl (C=O) groups excluding carboxylic acids is 2. The molecule has 1 aliphatic carbocycles. The Hall–Kier alpha value is -2.21. The van der Waals surface area contributed by atoms with Crippen molar-refractivity contribution >= 4 is 29.6 Å². The Kier molecular flexibility index (Phi) is 7.54. The lowest BCUT2D eigenvalue weighted by molar-refractivity contribution is -0.150. The van der Waals surface area contributed by atoms with Gasteiger partial charge in [0, 0.05) is 12.1 Å². The minimum Gasteiger partial charge on any atom is -0.493 e. The molecule has 27 heavy (non-hydrogen) atoms. The van der Waals surface area contributed by atoms with Gasteiger partial charge in [0.15, 0.2) is 17.6 Å². The quantitative estimate of drug-likeness (QED) is 0.510. The summed E-state index contributed by atoms with van der Waals surface area (Å²) in [6, 6.07) is 3.61. The Bertz CT molecular complexity index is 713. The van der Waals surface area contributed by atoms with Gasteiger partial charge in [0.05, 0.1) is 18.7 Å². The van der Waals surface area contributed by atoms with Gasteiger partial charge in [-0.1, -0.05) is 25.4 Å². The van der Waals surface area contributed by atoms with Gasteiger partial charge >= 0.3 is 5.97 Å². The van der Waals surface area contributed by atoms with E-state index in [1.165, 1.54) is 13.2 Å². The normalized spacial score (nSPS) is 14.9. The van der Waals surface area contributed by atoms with Crippen LogP contribution in [0.25, 0.3) is 6.08 Å². The standard InChI is InChI=1S/C20H26ClNO5/c1-12(2)11-26-19-16(21)9-14(10-17(19)25-4)5-8-18(23)27-13(3)20(24)22-15-6-7-15/h5,8-10,12-13,15H,6-7,11H2,1-4H3,(H,22,24)/b8-5+/t13-/m0/s1. The van der Waals surface area contributed by atoms with E-state index in [4.69, 9.17) is 25.8 Å². The molecule has 1 saturated carbocycles. The van der Waals surface area contributed by atoms with E-state index >= 15 is 0 Å². The number of esters is 1. The highest BCUT2D eigenvalue weighted by Gasteiger charge is 2.26. The van der Waals surface area contributed by atoms with Crippen LogP contribution in [0.5, 0.6) is 11.5 Å². The van der Waals surface area contributed by atoms with Gasteiger partial charge in [-0.2, -0.15) is 0 Å². The molecule has 1 aromatic carbocycles. The van der Waals surface area contributed by atoms with Crippen LogP contribution in [0.1, 0.15) is 39.2 Å². The summed E-state index contributed by atoms with van der Waals surface area (Å²) in [6.45, 7) is 6.13. The molecule has 0 radical (unpaired) electrons. The third kappa shape index (κ3) is 6.79. The van der Waals surface area contributed by atoms with E-state index in [-0.39, 0.29) is 11.9 Å². The molecule has 1 atom stereocenters. The summed E-state index contributed by atoms with van der Waals surface area (Å²) in [5.74, 6) is 0.407. The number of nitrogens with one attached hydrogen (secondary N) is 1. The second-order valence-corrected chi connectivity index (χ2v) is 7.34. The van der Waals surface area contributed by atoms with Crippen LogP contribution in [-0.4, -0.2) is 37.7 Å². The predicted molar refractivity (Wildman–Crippen MR) is 104 cm³/mol. The van der Waals surface area contributed by atoms with Gasteiger partial charge < -0.3 is 19.5 Å². The molecule has 0 spiro atoms. The summed E-state index contributed by atoms with van der Waals surface area (Å²) in [5.41, 5.74) is 0.654. The zero-order chi connectivity index (χ0) is 20.0. The Morgan fingerprint density at radius 2 is 2.00 bits per heavy atom. The second kappa shape index (κ2) is 9.65. The van der Waals surface area contributed by atoms with Gasteiger partial charge in [0.25, 0.3) is 5.91 Å². The topological polar surface area (TPSA) is 73.9 Å². The van der Waals surface area contributed by atoms with E-state index in [0.717, 1.165) is 12.8 Å². The van der Waals surface area contributed by atoms with Crippen LogP contribution >= 0.6 is 11.6 Å². The smallest absolute Gasteiger partial charge is 0.331 e. The van der Waals surface area contributed by atoms with Crippen LogP contribution in [0.2, 0.25) is 5.02 Å². The van der Waals surface area contributed by atoms with Crippen molar-refractivity contribution in [1.82, 2.24) is 5.32 Å². The molecule has 0 aliphatic heterocycles. The molecule has 0 saturated heterocycles. The van der Waals surface area contributed by atoms with Crippen LogP contribution in [-0.2, 0) is 14.3 Å². The average molecular weight is 396 g/mol. The molecule has 1 aliphatic rings. The fourth-order valence-electron chi connectivity index (χ4n) is 2.20. The second-order valence-electron chi connectivity index (χ2n) is 6.93. The minimum atomic E-state index is -0.840. The molecule has 0 bridgehead atoms. The highest BCUT2D eigenvalue weighted by molar-refractivity contribution is 6.32. The van der Waals surface area contributed by atoms with E-state index in [1.54, 1.807) is 25.1 Å². The fourth-order valence-corrected chi connectivity index (χ4v) is 2.48. The number of ether oxygens (including phenoxy) is 3. The minimum absolute atomic E-state index is 0.222. The Morgan fingerprint density at radius 1 is 1.30 bits per heavy atom. The summed E-state index contributed by atoms with van der Waals surface area (Å²) in [6.07, 6.45) is 3.92. The largest absolute Gasteiger partial charge is 0.493 e. The van der Waals surface area contributed by atoms with E-state index < -0.39 is 12.1 Å². The van der Waals surface area contributed by atoms with Crippen molar-refractivity contribution in [2.24, 2.45) is 5.92 Å². The Morgan fingerprint density at radius 3 is 2.59 bits per heavy atom. The number of halogens is 1. The third-order valence-corrected chi connectivity index (χ3v) is 4.09. The van der Waals surface area contributed by atoms with Crippen molar-refractivity contribution in [3.05, 3.63) is 28.8 Å². The molecule has 6 nitrogen and oxygen atoms in total. The SMILES string of the molecule is COc1cc(/C=C/C(=O)O[C@@H](C)C(=O)NC2CC2)cc(Cl)c1OCC(C)C. The molecule has 0 aromatic heterocycles. The van der Waals surface area contributed by atoms with Crippen LogP contribution < -0.4 is 14.8 Å². The van der Waals surface area contributed by atoms with Crippen LogP contribution in [0, 0.1) is 5.92 Å². The van der Waals surface area contributed by atoms with Crippen LogP contribution in [0.15, 0.2) is 18.2 Å². The first-order valence-electron chi connectivity index (χ1n) is 8.99. The van der Waals surface area contributed by atoms with Crippen molar-refractivity contribution in [1.29, 1.82) is 0 Å². The molecule has 2 rings (SSSR count). The zero-order valence-electron chi connectivity index (χ0n) is 16.1. The summed E-state index contributed by atoms with van der Waals surface area (Å²) in [5, 5.41) is 3.18.